The lowest BCUT2D eigenvalue weighted by Gasteiger charge is -2.28. The Hall–Kier alpha value is -3.63. The maximum Gasteiger partial charge on any atom is 0.316 e. The van der Waals surface area contributed by atoms with Crippen LogP contribution in [0.25, 0.3) is 0 Å². The first-order valence-electron chi connectivity index (χ1n) is 19.2. The second-order valence-electron chi connectivity index (χ2n) is 14.3. The molecule has 276 valence electrons. The second-order valence-corrected chi connectivity index (χ2v) is 14.3. The Balaban J connectivity index is 0.950. The minimum absolute atomic E-state index is 0.278. The van der Waals surface area contributed by atoms with Crippen molar-refractivity contribution in [1.82, 2.24) is 19.9 Å². The highest BCUT2D eigenvalue weighted by molar-refractivity contribution is 5.78. The number of rotatable bonds is 22. The van der Waals surface area contributed by atoms with Gasteiger partial charge in [-0.05, 0) is 75.0 Å². The van der Waals surface area contributed by atoms with Gasteiger partial charge >= 0.3 is 24.0 Å². The van der Waals surface area contributed by atoms with Crippen LogP contribution in [0.4, 0.5) is 0 Å². The van der Waals surface area contributed by atoms with Gasteiger partial charge in [-0.25, -0.2) is 0 Å². The van der Waals surface area contributed by atoms with Gasteiger partial charge < -0.3 is 18.9 Å². The van der Waals surface area contributed by atoms with Crippen LogP contribution in [0.3, 0.4) is 0 Å². The summed E-state index contributed by atoms with van der Waals surface area (Å²) in [5, 5.41) is 0. The van der Waals surface area contributed by atoms with E-state index in [-0.39, 0.29) is 11.9 Å². The number of aromatic nitrogens is 4. The molecule has 0 spiro atoms. The molecule has 0 amide bonds. The molecule has 2 aliphatic carbocycles. The fourth-order valence-corrected chi connectivity index (χ4v) is 7.03. The van der Waals surface area contributed by atoms with Gasteiger partial charge in [0.15, 0.2) is 11.5 Å². The van der Waals surface area contributed by atoms with E-state index in [2.05, 4.69) is 19.9 Å². The third-order valence-electron chi connectivity index (χ3n) is 10.0. The summed E-state index contributed by atoms with van der Waals surface area (Å²) in [6.45, 7) is 5.08. The van der Waals surface area contributed by atoms with Crippen LogP contribution in [0.2, 0.25) is 0 Å². The van der Waals surface area contributed by atoms with Crippen molar-refractivity contribution >= 4 is 17.7 Å². The molecule has 2 aliphatic rings. The first kappa shape index (κ1) is 39.2. The summed E-state index contributed by atoms with van der Waals surface area (Å²) in [7, 11) is 0. The lowest BCUT2D eigenvalue weighted by molar-refractivity contribution is -0.135. The van der Waals surface area contributed by atoms with Crippen LogP contribution in [0.1, 0.15) is 142 Å². The summed E-state index contributed by atoms with van der Waals surface area (Å²) >= 11 is 0. The van der Waals surface area contributed by atoms with E-state index in [1.165, 1.54) is 63.3 Å². The van der Waals surface area contributed by atoms with Crippen LogP contribution in [0.15, 0.2) is 24.8 Å². The summed E-state index contributed by atoms with van der Waals surface area (Å²) in [6.07, 6.45) is 25.8. The molecule has 2 heterocycles. The van der Waals surface area contributed by atoms with Crippen molar-refractivity contribution in [1.29, 1.82) is 0 Å². The van der Waals surface area contributed by atoms with Crippen molar-refractivity contribution in [3.05, 3.63) is 24.8 Å². The van der Waals surface area contributed by atoms with Crippen molar-refractivity contribution in [2.24, 2.45) is 23.7 Å². The molecule has 0 saturated heterocycles. The van der Waals surface area contributed by atoms with Gasteiger partial charge in [0, 0.05) is 25.7 Å². The Labute approximate surface area is 298 Å². The van der Waals surface area contributed by atoms with Gasteiger partial charge in [-0.2, -0.15) is 19.9 Å². The number of Topliss-reactive ketones (excluding diaryl/α,β-unsaturated/α-hetero) is 1. The minimum atomic E-state index is -0.278. The lowest BCUT2D eigenvalue weighted by Crippen LogP contribution is -2.20. The number of ether oxygens (including phenoxy) is 4. The Bertz CT molecular complexity index is 1180. The molecule has 11 nitrogen and oxygen atoms in total. The number of hydrogen-bond acceptors (Lipinski definition) is 11. The number of unbranched alkanes of at least 4 members (excludes halogenated alkanes) is 2. The molecule has 0 N–H and O–H groups in total. The maximum atomic E-state index is 12.5. The summed E-state index contributed by atoms with van der Waals surface area (Å²) in [4.78, 5) is 52.4. The Morgan fingerprint density at radius 1 is 0.540 bits per heavy atom. The van der Waals surface area contributed by atoms with E-state index < -0.39 is 0 Å². The molecule has 0 unspecified atom stereocenters. The fraction of sp³-hybridized carbons (Fsp3) is 0.718. The molecule has 0 radical (unpaired) electrons. The molecule has 0 aliphatic heterocycles. The Morgan fingerprint density at radius 3 is 1.26 bits per heavy atom. The zero-order valence-electron chi connectivity index (χ0n) is 30.3. The quantitative estimate of drug-likeness (QED) is 0.0866. The number of hydrogen-bond donors (Lipinski definition) is 0. The molecule has 2 fully saturated rings. The lowest BCUT2D eigenvalue weighted by atomic mass is 9.80. The smallest absolute Gasteiger partial charge is 0.316 e. The van der Waals surface area contributed by atoms with Gasteiger partial charge in [-0.3, -0.25) is 14.4 Å². The normalized spacial score (nSPS) is 20.5. The van der Waals surface area contributed by atoms with Crippen LogP contribution in [0, 0.1) is 23.7 Å². The SMILES string of the molecule is CCCC(=O)Oc1cnc(OCC2CCC(CCCCC(=O)CCCC[C@H]3CC[C@H](COc4ncc(OC(=O)CCC)cn4)CC3)CC2)nc1. The Kier molecular flexibility index (Phi) is 17.4. The van der Waals surface area contributed by atoms with E-state index in [1.807, 2.05) is 13.8 Å². The first-order chi connectivity index (χ1) is 24.4. The van der Waals surface area contributed by atoms with Gasteiger partial charge in [-0.15, -0.1) is 0 Å². The number of carbonyl (C=O) groups excluding carboxylic acids is 3. The van der Waals surface area contributed by atoms with Crippen LogP contribution in [0.5, 0.6) is 23.5 Å². The molecular formula is C39H58N4O7. The average molecular weight is 695 g/mol. The number of nitrogens with zero attached hydrogens (tertiary/aromatic N) is 4. The summed E-state index contributed by atoms with van der Waals surface area (Å²) in [6, 6.07) is 0.643. The summed E-state index contributed by atoms with van der Waals surface area (Å²) in [5.74, 6) is 3.08. The Morgan fingerprint density at radius 2 is 0.900 bits per heavy atom. The van der Waals surface area contributed by atoms with E-state index in [0.29, 0.717) is 67.2 Å². The van der Waals surface area contributed by atoms with Gasteiger partial charge in [0.25, 0.3) is 0 Å². The van der Waals surface area contributed by atoms with Crippen molar-refractivity contribution < 1.29 is 33.3 Å². The largest absolute Gasteiger partial charge is 0.463 e. The number of carbonyl (C=O) groups is 3. The highest BCUT2D eigenvalue weighted by Gasteiger charge is 2.23. The van der Waals surface area contributed by atoms with Gasteiger partial charge in [0.2, 0.25) is 0 Å². The zero-order chi connectivity index (χ0) is 35.4. The average Bonchev–Trinajstić information content (AvgIpc) is 3.12. The summed E-state index contributed by atoms with van der Waals surface area (Å²) < 4.78 is 22.0. The topological polar surface area (TPSA) is 140 Å². The molecular weight excluding hydrogens is 636 g/mol. The van der Waals surface area contributed by atoms with Crippen molar-refractivity contribution in [3.8, 4) is 23.5 Å². The highest BCUT2D eigenvalue weighted by atomic mass is 16.5. The maximum absolute atomic E-state index is 12.5. The van der Waals surface area contributed by atoms with Crippen molar-refractivity contribution in [2.75, 3.05) is 13.2 Å². The van der Waals surface area contributed by atoms with E-state index >= 15 is 0 Å². The molecule has 11 heteroatoms. The molecule has 0 atom stereocenters. The zero-order valence-corrected chi connectivity index (χ0v) is 30.3. The van der Waals surface area contributed by atoms with E-state index in [9.17, 15) is 14.4 Å². The molecule has 2 saturated carbocycles. The van der Waals surface area contributed by atoms with E-state index in [1.54, 1.807) is 0 Å². The van der Waals surface area contributed by atoms with Crippen LogP contribution >= 0.6 is 0 Å². The van der Waals surface area contributed by atoms with Crippen LogP contribution in [-0.2, 0) is 14.4 Å². The minimum Gasteiger partial charge on any atom is -0.463 e. The first-order valence-corrected chi connectivity index (χ1v) is 19.2. The number of esters is 2. The third kappa shape index (κ3) is 15.1. The highest BCUT2D eigenvalue weighted by Crippen LogP contribution is 2.33. The van der Waals surface area contributed by atoms with Gasteiger partial charge in [0.1, 0.15) is 5.78 Å². The van der Waals surface area contributed by atoms with Crippen LogP contribution < -0.4 is 18.9 Å². The molecule has 2 aromatic rings. The molecule has 2 aromatic heterocycles. The predicted molar refractivity (Wildman–Crippen MR) is 189 cm³/mol. The van der Waals surface area contributed by atoms with E-state index in [0.717, 1.165) is 88.9 Å². The van der Waals surface area contributed by atoms with Crippen molar-refractivity contribution in [3.63, 3.8) is 0 Å². The monoisotopic (exact) mass is 694 g/mol. The third-order valence-corrected chi connectivity index (χ3v) is 10.0. The second kappa shape index (κ2) is 22.2. The van der Waals surface area contributed by atoms with Crippen LogP contribution in [-0.4, -0.2) is 50.9 Å². The number of ketones is 1. The van der Waals surface area contributed by atoms with Gasteiger partial charge in [0.05, 0.1) is 38.0 Å². The fourth-order valence-electron chi connectivity index (χ4n) is 7.03. The van der Waals surface area contributed by atoms with E-state index in [4.69, 9.17) is 18.9 Å². The summed E-state index contributed by atoms with van der Waals surface area (Å²) in [5.41, 5.74) is 0. The standard InChI is InChI=1S/C39H58N4O7/c1-3-9-36(45)49-34-23-40-38(41-24-34)47-27-31-19-15-29(16-20-31)11-5-7-13-33(44)14-8-6-12-30-17-21-32(22-18-30)28-48-39-42-25-35(26-43-39)50-37(46)10-4-2/h23-26,29-32H,3-22,27-28H2,1-2H3/t29-,30?,31-,32?. The molecule has 4 rings (SSSR count). The molecule has 0 aromatic carbocycles. The molecule has 0 bridgehead atoms. The predicted octanol–water partition coefficient (Wildman–Crippen LogP) is 8.44. The van der Waals surface area contributed by atoms with Gasteiger partial charge in [-0.1, -0.05) is 65.2 Å². The van der Waals surface area contributed by atoms with Crippen molar-refractivity contribution in [2.45, 2.75) is 142 Å². The molecule has 50 heavy (non-hydrogen) atoms.